The van der Waals surface area contributed by atoms with Crippen LogP contribution in [-0.4, -0.2) is 26.1 Å². The summed E-state index contributed by atoms with van der Waals surface area (Å²) in [6, 6.07) is 7.87. The fourth-order valence-electron chi connectivity index (χ4n) is 3.83. The van der Waals surface area contributed by atoms with Gasteiger partial charge in [0.05, 0.1) is 12.5 Å². The minimum atomic E-state index is -0.170. The molecule has 0 unspecified atom stereocenters. The van der Waals surface area contributed by atoms with Crippen molar-refractivity contribution in [3.8, 4) is 5.75 Å². The number of carbonyl (C=O) groups excluding carboxylic acids is 1. The largest absolute Gasteiger partial charge is 0.497 e. The van der Waals surface area contributed by atoms with Gasteiger partial charge >= 0.3 is 0 Å². The van der Waals surface area contributed by atoms with Crippen LogP contribution in [0.5, 0.6) is 5.75 Å². The fraction of sp³-hybridized carbons (Fsp3) is 0.588. The van der Waals surface area contributed by atoms with E-state index in [1.807, 2.05) is 24.3 Å². The number of fused-ring (bicyclic) bond motifs is 1. The van der Waals surface area contributed by atoms with E-state index in [2.05, 4.69) is 10.6 Å². The third-order valence-electron chi connectivity index (χ3n) is 5.08. The maximum Gasteiger partial charge on any atom is 0.228 e. The number of methoxy groups -OCH3 is 1. The summed E-state index contributed by atoms with van der Waals surface area (Å²) in [6.45, 7) is 2.40. The zero-order valence-electron chi connectivity index (χ0n) is 12.7. The Bertz CT molecular complexity index is 517. The van der Waals surface area contributed by atoms with Crippen LogP contribution in [0, 0.1) is 11.3 Å². The topological polar surface area (TPSA) is 50.4 Å². The zero-order chi connectivity index (χ0) is 14.7. The Hall–Kier alpha value is -1.55. The summed E-state index contributed by atoms with van der Waals surface area (Å²) >= 11 is 0. The Morgan fingerprint density at radius 3 is 3.24 bits per heavy atom. The molecule has 21 heavy (non-hydrogen) atoms. The molecule has 2 aliphatic rings. The summed E-state index contributed by atoms with van der Waals surface area (Å²) in [5.41, 5.74) is 0.911. The summed E-state index contributed by atoms with van der Waals surface area (Å²) in [4.78, 5) is 12.7. The first kappa shape index (κ1) is 14.4. The first-order valence-corrected chi connectivity index (χ1v) is 7.86. The molecule has 3 rings (SSSR count). The highest BCUT2D eigenvalue weighted by atomic mass is 16.5. The average molecular weight is 288 g/mol. The Balaban J connectivity index is 1.65. The van der Waals surface area contributed by atoms with Crippen LogP contribution < -0.4 is 15.4 Å². The molecule has 4 heteroatoms. The monoisotopic (exact) mass is 288 g/mol. The number of hydrogen-bond donors (Lipinski definition) is 2. The van der Waals surface area contributed by atoms with Crippen molar-refractivity contribution in [2.45, 2.75) is 32.2 Å². The molecule has 0 aromatic heterocycles. The van der Waals surface area contributed by atoms with Crippen LogP contribution in [0.4, 0.5) is 0 Å². The summed E-state index contributed by atoms with van der Waals surface area (Å²) in [5, 5.41) is 6.57. The van der Waals surface area contributed by atoms with Gasteiger partial charge < -0.3 is 15.4 Å². The van der Waals surface area contributed by atoms with Crippen molar-refractivity contribution in [3.63, 3.8) is 0 Å². The van der Waals surface area contributed by atoms with Crippen LogP contribution in [0.15, 0.2) is 24.3 Å². The lowest BCUT2D eigenvalue weighted by atomic mass is 9.67. The van der Waals surface area contributed by atoms with Crippen molar-refractivity contribution in [1.82, 2.24) is 10.6 Å². The van der Waals surface area contributed by atoms with E-state index in [1.165, 1.54) is 19.3 Å². The van der Waals surface area contributed by atoms with Gasteiger partial charge in [-0.15, -0.1) is 0 Å². The molecule has 1 aromatic carbocycles. The molecular weight excluding hydrogens is 264 g/mol. The number of nitrogens with one attached hydrogen (secondary N) is 2. The van der Waals surface area contributed by atoms with Crippen molar-refractivity contribution >= 4 is 5.91 Å². The quantitative estimate of drug-likeness (QED) is 0.892. The third kappa shape index (κ3) is 2.77. The van der Waals surface area contributed by atoms with E-state index in [1.54, 1.807) is 7.11 Å². The second-order valence-electron chi connectivity index (χ2n) is 6.26. The number of amides is 1. The molecule has 1 saturated carbocycles. The molecule has 1 saturated heterocycles. The highest BCUT2D eigenvalue weighted by Gasteiger charge is 2.49. The van der Waals surface area contributed by atoms with Gasteiger partial charge in [0.2, 0.25) is 5.91 Å². The van der Waals surface area contributed by atoms with Crippen LogP contribution in [0.3, 0.4) is 0 Å². The number of rotatable bonds is 4. The molecule has 1 amide bonds. The van der Waals surface area contributed by atoms with Crippen LogP contribution in [-0.2, 0) is 11.3 Å². The van der Waals surface area contributed by atoms with Crippen molar-refractivity contribution in [2.75, 3.05) is 20.2 Å². The maximum atomic E-state index is 12.7. The Morgan fingerprint density at radius 1 is 1.48 bits per heavy atom. The standard InChI is InChI=1S/C17H24N2O2/c1-21-15-7-4-5-13(9-15)10-19-16(20)17-8-3-2-6-14(17)11-18-12-17/h4-5,7,9,14,18H,2-3,6,8,10-12H2,1H3,(H,19,20)/t14-,17+/m0/s1. The minimum Gasteiger partial charge on any atom is -0.497 e. The predicted octanol–water partition coefficient (Wildman–Crippen LogP) is 2.09. The van der Waals surface area contributed by atoms with E-state index < -0.39 is 0 Å². The molecule has 2 fully saturated rings. The smallest absolute Gasteiger partial charge is 0.228 e. The molecule has 1 aliphatic carbocycles. The van der Waals surface area contributed by atoms with Crippen molar-refractivity contribution < 1.29 is 9.53 Å². The van der Waals surface area contributed by atoms with Crippen molar-refractivity contribution in [3.05, 3.63) is 29.8 Å². The van der Waals surface area contributed by atoms with Gasteiger partial charge in [0.25, 0.3) is 0 Å². The molecule has 1 heterocycles. The van der Waals surface area contributed by atoms with Crippen LogP contribution in [0.2, 0.25) is 0 Å². The molecule has 1 aliphatic heterocycles. The van der Waals surface area contributed by atoms with E-state index in [0.717, 1.165) is 30.8 Å². The molecule has 0 spiro atoms. The summed E-state index contributed by atoms with van der Waals surface area (Å²) in [5.74, 6) is 1.56. The lowest BCUT2D eigenvalue weighted by Gasteiger charge is -2.37. The van der Waals surface area contributed by atoms with Crippen LogP contribution in [0.25, 0.3) is 0 Å². The molecule has 114 valence electrons. The molecule has 2 N–H and O–H groups in total. The van der Waals surface area contributed by atoms with Gasteiger partial charge in [-0.3, -0.25) is 4.79 Å². The van der Waals surface area contributed by atoms with E-state index >= 15 is 0 Å². The van der Waals surface area contributed by atoms with E-state index in [-0.39, 0.29) is 11.3 Å². The maximum absolute atomic E-state index is 12.7. The molecule has 1 aromatic rings. The highest BCUT2D eigenvalue weighted by Crippen LogP contribution is 2.43. The highest BCUT2D eigenvalue weighted by molar-refractivity contribution is 5.83. The second-order valence-corrected chi connectivity index (χ2v) is 6.26. The SMILES string of the molecule is COc1cccc(CNC(=O)[C@@]23CCCC[C@H]2CNC3)c1. The number of carbonyl (C=O) groups is 1. The first-order chi connectivity index (χ1) is 10.2. The molecule has 2 atom stereocenters. The first-order valence-electron chi connectivity index (χ1n) is 7.86. The number of hydrogen-bond acceptors (Lipinski definition) is 3. The minimum absolute atomic E-state index is 0.170. The summed E-state index contributed by atoms with van der Waals surface area (Å²) in [6.07, 6.45) is 4.64. The Morgan fingerprint density at radius 2 is 2.38 bits per heavy atom. The normalized spacial score (nSPS) is 28.0. The predicted molar refractivity (Wildman–Crippen MR) is 82.1 cm³/mol. The van der Waals surface area contributed by atoms with E-state index in [9.17, 15) is 4.79 Å². The summed E-state index contributed by atoms with van der Waals surface area (Å²) in [7, 11) is 1.66. The van der Waals surface area contributed by atoms with Gasteiger partial charge in [-0.05, 0) is 43.0 Å². The fourth-order valence-corrected chi connectivity index (χ4v) is 3.83. The summed E-state index contributed by atoms with van der Waals surface area (Å²) < 4.78 is 5.22. The van der Waals surface area contributed by atoms with Crippen LogP contribution in [0.1, 0.15) is 31.2 Å². The Labute approximate surface area is 126 Å². The Kier molecular flexibility index (Phi) is 4.15. The third-order valence-corrected chi connectivity index (χ3v) is 5.08. The van der Waals surface area contributed by atoms with Gasteiger partial charge in [-0.2, -0.15) is 0 Å². The van der Waals surface area contributed by atoms with Crippen LogP contribution >= 0.6 is 0 Å². The van der Waals surface area contributed by atoms with E-state index in [0.29, 0.717) is 12.5 Å². The molecule has 0 radical (unpaired) electrons. The van der Waals surface area contributed by atoms with Crippen molar-refractivity contribution in [2.24, 2.45) is 11.3 Å². The number of benzene rings is 1. The van der Waals surface area contributed by atoms with Gasteiger partial charge in [-0.1, -0.05) is 25.0 Å². The van der Waals surface area contributed by atoms with Gasteiger partial charge in [-0.25, -0.2) is 0 Å². The molecular formula is C17H24N2O2. The number of ether oxygens (including phenoxy) is 1. The van der Waals surface area contributed by atoms with Gasteiger partial charge in [0.15, 0.2) is 0 Å². The van der Waals surface area contributed by atoms with Crippen molar-refractivity contribution in [1.29, 1.82) is 0 Å². The van der Waals surface area contributed by atoms with Gasteiger partial charge in [0.1, 0.15) is 5.75 Å². The second kappa shape index (κ2) is 6.06. The molecule has 0 bridgehead atoms. The lowest BCUT2D eigenvalue weighted by Crippen LogP contribution is -2.47. The van der Waals surface area contributed by atoms with Gasteiger partial charge in [0, 0.05) is 13.1 Å². The van der Waals surface area contributed by atoms with E-state index in [4.69, 9.17) is 4.74 Å². The zero-order valence-corrected chi connectivity index (χ0v) is 12.7. The molecule has 4 nitrogen and oxygen atoms in total. The lowest BCUT2D eigenvalue weighted by molar-refractivity contribution is -0.134. The average Bonchev–Trinajstić information content (AvgIpc) is 2.98.